The van der Waals surface area contributed by atoms with Gasteiger partial charge < -0.3 is 10.1 Å². The number of halogens is 1. The zero-order valence-corrected chi connectivity index (χ0v) is 12.6. The number of nitrogens with one attached hydrogen (secondary N) is 2. The van der Waals surface area contributed by atoms with Crippen LogP contribution in [0.5, 0.6) is 0 Å². The Labute approximate surface area is 122 Å². The van der Waals surface area contributed by atoms with Gasteiger partial charge in [0.1, 0.15) is 11.0 Å². The summed E-state index contributed by atoms with van der Waals surface area (Å²) in [5.74, 6) is 0.428. The maximum atomic E-state index is 11.9. The number of hydrogen-bond acceptors (Lipinski definition) is 6. The van der Waals surface area contributed by atoms with E-state index < -0.39 is 0 Å². The summed E-state index contributed by atoms with van der Waals surface area (Å²) >= 11 is 1.43. The molecule has 19 heavy (non-hydrogen) atoms. The standard InChI is InChI=1S/C11H18N4O2S.ClH/c1-7(2)5-9-14-15-11(18-9)13-10(16)8-6-17-4-3-12-8;/h7-8,12H,3-6H2,1-2H3,(H,13,15,16);1H. The van der Waals surface area contributed by atoms with Gasteiger partial charge in [-0.3, -0.25) is 10.1 Å². The summed E-state index contributed by atoms with van der Waals surface area (Å²) in [4.78, 5) is 11.9. The summed E-state index contributed by atoms with van der Waals surface area (Å²) in [6.45, 7) is 6.02. The molecule has 8 heteroatoms. The van der Waals surface area contributed by atoms with E-state index in [1.54, 1.807) is 0 Å². The Morgan fingerprint density at radius 1 is 1.58 bits per heavy atom. The highest BCUT2D eigenvalue weighted by Crippen LogP contribution is 2.18. The molecule has 0 bridgehead atoms. The van der Waals surface area contributed by atoms with Crippen LogP contribution in [0.3, 0.4) is 0 Å². The maximum absolute atomic E-state index is 11.9. The first-order chi connectivity index (χ1) is 8.65. The van der Waals surface area contributed by atoms with Crippen molar-refractivity contribution in [3.05, 3.63) is 5.01 Å². The van der Waals surface area contributed by atoms with Crippen LogP contribution in [0.4, 0.5) is 5.13 Å². The van der Waals surface area contributed by atoms with E-state index in [4.69, 9.17) is 4.74 Å². The van der Waals surface area contributed by atoms with Crippen molar-refractivity contribution in [3.63, 3.8) is 0 Å². The number of ether oxygens (including phenoxy) is 1. The SMILES string of the molecule is CC(C)Cc1nnc(NC(=O)C2COCCN2)s1.Cl. The van der Waals surface area contributed by atoms with Gasteiger partial charge in [-0.05, 0) is 5.92 Å². The maximum Gasteiger partial charge on any atom is 0.245 e. The first kappa shape index (κ1) is 16.3. The van der Waals surface area contributed by atoms with E-state index >= 15 is 0 Å². The highest BCUT2D eigenvalue weighted by atomic mass is 35.5. The van der Waals surface area contributed by atoms with Gasteiger partial charge >= 0.3 is 0 Å². The number of amides is 1. The molecular formula is C11H19ClN4O2S. The van der Waals surface area contributed by atoms with Gasteiger partial charge in [0.25, 0.3) is 0 Å². The van der Waals surface area contributed by atoms with Crippen LogP contribution in [0.1, 0.15) is 18.9 Å². The Morgan fingerprint density at radius 2 is 2.37 bits per heavy atom. The molecule has 0 radical (unpaired) electrons. The number of nitrogens with zero attached hydrogens (tertiary/aromatic N) is 2. The second kappa shape index (κ2) is 7.74. The zero-order chi connectivity index (χ0) is 13.0. The molecule has 6 nitrogen and oxygen atoms in total. The Hall–Kier alpha value is -0.760. The molecule has 2 N–H and O–H groups in total. The quantitative estimate of drug-likeness (QED) is 0.871. The summed E-state index contributed by atoms with van der Waals surface area (Å²) in [5.41, 5.74) is 0. The van der Waals surface area contributed by atoms with Crippen molar-refractivity contribution in [2.75, 3.05) is 25.1 Å². The van der Waals surface area contributed by atoms with Gasteiger partial charge in [-0.15, -0.1) is 22.6 Å². The van der Waals surface area contributed by atoms with E-state index in [9.17, 15) is 4.79 Å². The monoisotopic (exact) mass is 306 g/mol. The fraction of sp³-hybridized carbons (Fsp3) is 0.727. The third-order valence-electron chi connectivity index (χ3n) is 2.52. The molecule has 1 aliphatic heterocycles. The van der Waals surface area contributed by atoms with Crippen molar-refractivity contribution in [1.29, 1.82) is 0 Å². The number of carbonyl (C=O) groups excluding carboxylic acids is 1. The van der Waals surface area contributed by atoms with Crippen LogP contribution in [0.15, 0.2) is 0 Å². The Balaban J connectivity index is 0.00000180. The van der Waals surface area contributed by atoms with E-state index in [1.165, 1.54) is 11.3 Å². The largest absolute Gasteiger partial charge is 0.378 e. The van der Waals surface area contributed by atoms with Crippen LogP contribution in [0.25, 0.3) is 0 Å². The Morgan fingerprint density at radius 3 is 3.00 bits per heavy atom. The average Bonchev–Trinajstić information content (AvgIpc) is 2.76. The van der Waals surface area contributed by atoms with Crippen molar-refractivity contribution in [2.45, 2.75) is 26.3 Å². The minimum absolute atomic E-state index is 0. The second-order valence-electron chi connectivity index (χ2n) is 4.67. The Bertz CT molecular complexity index is 407. The van der Waals surface area contributed by atoms with Gasteiger partial charge in [0.15, 0.2) is 0 Å². The first-order valence-corrected chi connectivity index (χ1v) is 6.91. The predicted molar refractivity (Wildman–Crippen MR) is 76.9 cm³/mol. The molecule has 1 atom stereocenters. The van der Waals surface area contributed by atoms with Crippen LogP contribution in [0, 0.1) is 5.92 Å². The highest BCUT2D eigenvalue weighted by molar-refractivity contribution is 7.15. The lowest BCUT2D eigenvalue weighted by Gasteiger charge is -2.22. The molecule has 1 fully saturated rings. The molecule has 2 heterocycles. The van der Waals surface area contributed by atoms with Gasteiger partial charge in [-0.2, -0.15) is 0 Å². The predicted octanol–water partition coefficient (Wildman–Crippen LogP) is 1.09. The number of hydrogen-bond donors (Lipinski definition) is 2. The van der Waals surface area contributed by atoms with Crippen molar-refractivity contribution >= 4 is 34.8 Å². The van der Waals surface area contributed by atoms with Crippen LogP contribution in [-0.2, 0) is 16.0 Å². The normalized spacial score (nSPS) is 19.0. The van der Waals surface area contributed by atoms with Crippen LogP contribution >= 0.6 is 23.7 Å². The lowest BCUT2D eigenvalue weighted by atomic mass is 10.1. The van der Waals surface area contributed by atoms with Gasteiger partial charge in [-0.25, -0.2) is 0 Å². The topological polar surface area (TPSA) is 76.1 Å². The molecule has 0 aliphatic carbocycles. The number of carbonyl (C=O) groups is 1. The minimum atomic E-state index is -0.295. The molecule has 1 aliphatic rings. The van der Waals surface area contributed by atoms with E-state index in [0.717, 1.165) is 11.4 Å². The van der Waals surface area contributed by atoms with Gasteiger partial charge in [0.2, 0.25) is 11.0 Å². The first-order valence-electron chi connectivity index (χ1n) is 6.09. The van der Waals surface area contributed by atoms with Crippen molar-refractivity contribution in [2.24, 2.45) is 5.92 Å². The van der Waals surface area contributed by atoms with Crippen molar-refractivity contribution in [1.82, 2.24) is 15.5 Å². The zero-order valence-electron chi connectivity index (χ0n) is 11.0. The summed E-state index contributed by atoms with van der Waals surface area (Å²) in [5, 5.41) is 15.4. The number of rotatable bonds is 4. The average molecular weight is 307 g/mol. The number of morpholine rings is 1. The molecule has 1 unspecified atom stereocenters. The molecule has 1 amide bonds. The molecule has 2 rings (SSSR count). The fourth-order valence-electron chi connectivity index (χ4n) is 1.66. The van der Waals surface area contributed by atoms with Crippen molar-refractivity contribution in [3.8, 4) is 0 Å². The molecule has 0 spiro atoms. The summed E-state index contributed by atoms with van der Waals surface area (Å²) in [6.07, 6.45) is 0.887. The molecule has 0 saturated carbocycles. The molecule has 0 aromatic carbocycles. The lowest BCUT2D eigenvalue weighted by Crippen LogP contribution is -2.48. The lowest BCUT2D eigenvalue weighted by molar-refractivity contribution is -0.120. The summed E-state index contributed by atoms with van der Waals surface area (Å²) in [6, 6.07) is -0.295. The van der Waals surface area contributed by atoms with Crippen LogP contribution in [-0.4, -0.2) is 41.9 Å². The third-order valence-corrected chi connectivity index (χ3v) is 3.38. The molecule has 108 valence electrons. The Kier molecular flexibility index (Phi) is 6.64. The van der Waals surface area contributed by atoms with E-state index in [0.29, 0.717) is 30.8 Å². The number of aromatic nitrogens is 2. The van der Waals surface area contributed by atoms with E-state index in [-0.39, 0.29) is 24.4 Å². The molecule has 1 aromatic rings. The molecular weight excluding hydrogens is 288 g/mol. The second-order valence-corrected chi connectivity index (χ2v) is 5.73. The summed E-state index contributed by atoms with van der Waals surface area (Å²) in [7, 11) is 0. The summed E-state index contributed by atoms with van der Waals surface area (Å²) < 4.78 is 5.24. The van der Waals surface area contributed by atoms with Gasteiger partial charge in [-0.1, -0.05) is 25.2 Å². The van der Waals surface area contributed by atoms with Gasteiger partial charge in [0, 0.05) is 13.0 Å². The van der Waals surface area contributed by atoms with E-state index in [1.807, 2.05) is 0 Å². The number of anilines is 1. The minimum Gasteiger partial charge on any atom is -0.378 e. The van der Waals surface area contributed by atoms with Crippen LogP contribution < -0.4 is 10.6 Å². The third kappa shape index (κ3) is 5.02. The van der Waals surface area contributed by atoms with Gasteiger partial charge in [0.05, 0.1) is 13.2 Å². The smallest absolute Gasteiger partial charge is 0.245 e. The molecule has 1 aromatic heterocycles. The van der Waals surface area contributed by atoms with Crippen LogP contribution in [0.2, 0.25) is 0 Å². The van der Waals surface area contributed by atoms with Crippen molar-refractivity contribution < 1.29 is 9.53 Å². The molecule has 1 saturated heterocycles. The van der Waals surface area contributed by atoms with E-state index in [2.05, 4.69) is 34.7 Å². The fourth-order valence-corrected chi connectivity index (χ4v) is 2.62. The highest BCUT2D eigenvalue weighted by Gasteiger charge is 2.22.